The molecule has 0 spiro atoms. The van der Waals surface area contributed by atoms with Gasteiger partial charge in [-0.1, -0.05) is 18.2 Å². The first kappa shape index (κ1) is 14.7. The second kappa shape index (κ2) is 6.04. The molecule has 5 nitrogen and oxygen atoms in total. The molecule has 0 fully saturated rings. The molecule has 0 atom stereocenters. The summed E-state index contributed by atoms with van der Waals surface area (Å²) in [5.41, 5.74) is 5.38. The molecule has 1 aliphatic rings. The van der Waals surface area contributed by atoms with E-state index in [-0.39, 0.29) is 0 Å². The van der Waals surface area contributed by atoms with Crippen LogP contribution in [0.25, 0.3) is 28.4 Å². The molecule has 0 amide bonds. The van der Waals surface area contributed by atoms with E-state index < -0.39 is 0 Å². The maximum Gasteiger partial charge on any atom is 0.162 e. The predicted octanol–water partition coefficient (Wildman–Crippen LogP) is 4.40. The molecule has 1 N–H and O–H groups in total. The van der Waals surface area contributed by atoms with Crippen LogP contribution in [0.4, 0.5) is 11.5 Å². The summed E-state index contributed by atoms with van der Waals surface area (Å²) in [7, 11) is 0. The number of pyridine rings is 2. The number of nitrogens with zero attached hydrogens (tertiary/aromatic N) is 4. The Morgan fingerprint density at radius 1 is 0.885 bits per heavy atom. The Kier molecular flexibility index (Phi) is 3.42. The summed E-state index contributed by atoms with van der Waals surface area (Å²) in [5.74, 6) is 1.41. The van der Waals surface area contributed by atoms with Crippen LogP contribution in [0.5, 0.6) is 0 Å². The van der Waals surface area contributed by atoms with Crippen LogP contribution in [0.1, 0.15) is 11.1 Å². The quantitative estimate of drug-likeness (QED) is 0.600. The number of aromatic nitrogens is 4. The van der Waals surface area contributed by atoms with Crippen molar-refractivity contribution in [2.75, 3.05) is 5.32 Å². The zero-order valence-electron chi connectivity index (χ0n) is 13.9. The summed E-state index contributed by atoms with van der Waals surface area (Å²) < 4.78 is 0. The molecule has 0 bridgehead atoms. The largest absolute Gasteiger partial charge is 0.340 e. The van der Waals surface area contributed by atoms with Crippen LogP contribution in [0.3, 0.4) is 0 Å². The Hall–Kier alpha value is -3.60. The monoisotopic (exact) mass is 337 g/mol. The van der Waals surface area contributed by atoms with Crippen molar-refractivity contribution in [3.8, 4) is 11.4 Å². The molecule has 5 heteroatoms. The Bertz CT molecular complexity index is 1140. The lowest BCUT2D eigenvalue weighted by molar-refractivity contribution is 1.20. The summed E-state index contributed by atoms with van der Waals surface area (Å²) in [6, 6.07) is 12.1. The number of benzene rings is 1. The number of hydrogen-bond acceptors (Lipinski definition) is 5. The Morgan fingerprint density at radius 3 is 2.69 bits per heavy atom. The molecule has 26 heavy (non-hydrogen) atoms. The van der Waals surface area contributed by atoms with Crippen LogP contribution in [0.15, 0.2) is 67.3 Å². The van der Waals surface area contributed by atoms with Gasteiger partial charge in [-0.25, -0.2) is 9.97 Å². The minimum Gasteiger partial charge on any atom is -0.340 e. The number of anilines is 2. The number of rotatable bonds is 3. The minimum atomic E-state index is 0.662. The van der Waals surface area contributed by atoms with Crippen LogP contribution < -0.4 is 5.32 Å². The molecule has 3 aromatic heterocycles. The van der Waals surface area contributed by atoms with Gasteiger partial charge in [0.1, 0.15) is 5.82 Å². The van der Waals surface area contributed by atoms with Crippen LogP contribution in [-0.4, -0.2) is 19.9 Å². The third kappa shape index (κ3) is 2.59. The van der Waals surface area contributed by atoms with Crippen molar-refractivity contribution in [1.82, 2.24) is 19.9 Å². The van der Waals surface area contributed by atoms with Gasteiger partial charge in [-0.15, -0.1) is 0 Å². The normalized spacial score (nSPS) is 12.3. The third-order valence-corrected chi connectivity index (χ3v) is 4.48. The lowest BCUT2D eigenvalue weighted by atomic mass is 10.1. The van der Waals surface area contributed by atoms with Crippen molar-refractivity contribution in [3.05, 3.63) is 78.4 Å². The van der Waals surface area contributed by atoms with Crippen molar-refractivity contribution in [2.45, 2.75) is 6.42 Å². The van der Waals surface area contributed by atoms with Crippen LogP contribution in [0.2, 0.25) is 0 Å². The van der Waals surface area contributed by atoms with E-state index in [1.807, 2.05) is 18.2 Å². The van der Waals surface area contributed by atoms with Crippen LogP contribution >= 0.6 is 0 Å². The van der Waals surface area contributed by atoms with Gasteiger partial charge in [-0.3, -0.25) is 9.97 Å². The standard InChI is InChI=1S/C21H15N5/c1-2-14-4-5-17(12-16(14)3-1)24-21-18-13-23-11-8-19(18)25-20(26-21)15-6-9-22-10-7-15/h1,3-13H,2H2,(H,24,25,26). The van der Waals surface area contributed by atoms with Gasteiger partial charge in [0.2, 0.25) is 0 Å². The SMILES string of the molecule is C1=Cc2cc(Nc3nc(-c4ccncc4)nc4ccncc34)ccc2C1. The zero-order chi connectivity index (χ0) is 17.3. The van der Waals surface area contributed by atoms with Gasteiger partial charge in [-0.2, -0.15) is 0 Å². The zero-order valence-corrected chi connectivity index (χ0v) is 13.9. The lowest BCUT2D eigenvalue weighted by Gasteiger charge is -2.12. The Balaban J connectivity index is 1.63. The average Bonchev–Trinajstić information content (AvgIpc) is 3.16. The van der Waals surface area contributed by atoms with E-state index in [9.17, 15) is 0 Å². The topological polar surface area (TPSA) is 63.6 Å². The summed E-state index contributed by atoms with van der Waals surface area (Å²) >= 11 is 0. The first-order chi connectivity index (χ1) is 12.9. The van der Waals surface area contributed by atoms with E-state index in [0.717, 1.165) is 34.4 Å². The van der Waals surface area contributed by atoms with E-state index in [1.165, 1.54) is 11.1 Å². The number of nitrogens with one attached hydrogen (secondary N) is 1. The fourth-order valence-electron chi connectivity index (χ4n) is 3.16. The molecule has 1 aromatic carbocycles. The summed E-state index contributed by atoms with van der Waals surface area (Å²) in [6.07, 6.45) is 12.4. The molecule has 5 rings (SSSR count). The third-order valence-electron chi connectivity index (χ3n) is 4.48. The molecule has 0 saturated carbocycles. The second-order valence-electron chi connectivity index (χ2n) is 6.17. The van der Waals surface area contributed by atoms with Crippen molar-refractivity contribution in [3.63, 3.8) is 0 Å². The Morgan fingerprint density at radius 2 is 1.77 bits per heavy atom. The van der Waals surface area contributed by atoms with Crippen molar-refractivity contribution >= 4 is 28.5 Å². The maximum absolute atomic E-state index is 4.75. The highest BCUT2D eigenvalue weighted by atomic mass is 15.0. The van der Waals surface area contributed by atoms with E-state index in [2.05, 4.69) is 50.6 Å². The van der Waals surface area contributed by atoms with Gasteiger partial charge in [0.05, 0.1) is 10.9 Å². The molecule has 4 aromatic rings. The number of fused-ring (bicyclic) bond motifs is 2. The summed E-state index contributed by atoms with van der Waals surface area (Å²) in [4.78, 5) is 17.7. The fraction of sp³-hybridized carbons (Fsp3) is 0.0476. The van der Waals surface area contributed by atoms with E-state index in [1.54, 1.807) is 24.8 Å². The number of hydrogen-bond donors (Lipinski definition) is 1. The summed E-state index contributed by atoms with van der Waals surface area (Å²) in [6.45, 7) is 0. The molecule has 3 heterocycles. The van der Waals surface area contributed by atoms with Gasteiger partial charge in [0.15, 0.2) is 5.82 Å². The highest BCUT2D eigenvalue weighted by molar-refractivity contribution is 5.91. The van der Waals surface area contributed by atoms with Gasteiger partial charge in [0.25, 0.3) is 0 Å². The van der Waals surface area contributed by atoms with Crippen LogP contribution in [-0.2, 0) is 6.42 Å². The van der Waals surface area contributed by atoms with Gasteiger partial charge in [-0.05, 0) is 47.9 Å². The smallest absolute Gasteiger partial charge is 0.162 e. The molecular weight excluding hydrogens is 322 g/mol. The summed E-state index contributed by atoms with van der Waals surface area (Å²) in [5, 5.41) is 4.34. The second-order valence-corrected chi connectivity index (χ2v) is 6.17. The van der Waals surface area contributed by atoms with E-state index in [4.69, 9.17) is 4.98 Å². The fourth-order valence-corrected chi connectivity index (χ4v) is 3.16. The van der Waals surface area contributed by atoms with Crippen molar-refractivity contribution < 1.29 is 0 Å². The van der Waals surface area contributed by atoms with Crippen molar-refractivity contribution in [1.29, 1.82) is 0 Å². The Labute approximate surface area is 150 Å². The van der Waals surface area contributed by atoms with Gasteiger partial charge >= 0.3 is 0 Å². The predicted molar refractivity (Wildman–Crippen MR) is 103 cm³/mol. The number of allylic oxidation sites excluding steroid dienone is 1. The van der Waals surface area contributed by atoms with Crippen LogP contribution in [0, 0.1) is 0 Å². The molecular formula is C21H15N5. The van der Waals surface area contributed by atoms with E-state index in [0.29, 0.717) is 5.82 Å². The first-order valence-electron chi connectivity index (χ1n) is 8.45. The molecule has 0 radical (unpaired) electrons. The molecule has 124 valence electrons. The first-order valence-corrected chi connectivity index (χ1v) is 8.45. The van der Waals surface area contributed by atoms with Gasteiger partial charge < -0.3 is 5.32 Å². The molecule has 0 saturated heterocycles. The van der Waals surface area contributed by atoms with E-state index >= 15 is 0 Å². The minimum absolute atomic E-state index is 0.662. The average molecular weight is 337 g/mol. The highest BCUT2D eigenvalue weighted by Gasteiger charge is 2.11. The highest BCUT2D eigenvalue weighted by Crippen LogP contribution is 2.29. The van der Waals surface area contributed by atoms with Gasteiger partial charge in [0, 0.05) is 36.0 Å². The molecule has 1 aliphatic carbocycles. The van der Waals surface area contributed by atoms with Crippen molar-refractivity contribution in [2.24, 2.45) is 0 Å². The molecule has 0 aliphatic heterocycles. The maximum atomic E-state index is 4.75. The lowest BCUT2D eigenvalue weighted by Crippen LogP contribution is -2.00. The molecule has 0 unspecified atom stereocenters.